The number of morpholine rings is 1. The zero-order valence-corrected chi connectivity index (χ0v) is 18.7. The van der Waals surface area contributed by atoms with E-state index < -0.39 is 17.8 Å². The summed E-state index contributed by atoms with van der Waals surface area (Å²) >= 11 is 0. The van der Waals surface area contributed by atoms with Crippen molar-refractivity contribution in [3.8, 4) is 5.75 Å². The van der Waals surface area contributed by atoms with Crippen LogP contribution in [0.1, 0.15) is 29.9 Å². The number of ether oxygens (including phenoxy) is 2. The lowest BCUT2D eigenvalue weighted by atomic mass is 10.0. The van der Waals surface area contributed by atoms with Gasteiger partial charge in [0.15, 0.2) is 0 Å². The topological polar surface area (TPSA) is 85.5 Å². The van der Waals surface area contributed by atoms with E-state index in [9.17, 15) is 13.2 Å². The van der Waals surface area contributed by atoms with E-state index in [0.717, 1.165) is 30.9 Å². The number of alkyl halides is 3. The summed E-state index contributed by atoms with van der Waals surface area (Å²) < 4.78 is 50.8. The van der Waals surface area contributed by atoms with Crippen LogP contribution in [0.25, 0.3) is 10.9 Å². The van der Waals surface area contributed by atoms with Crippen molar-refractivity contribution in [2.75, 3.05) is 49.4 Å². The normalized spacial score (nSPS) is 15.5. The van der Waals surface area contributed by atoms with Crippen LogP contribution in [-0.2, 0) is 10.9 Å². The molecule has 3 aromatic rings. The number of halogens is 3. The summed E-state index contributed by atoms with van der Waals surface area (Å²) in [5.41, 5.74) is 7.04. The third-order valence-electron chi connectivity index (χ3n) is 5.62. The summed E-state index contributed by atoms with van der Waals surface area (Å²) in [6.07, 6.45) is -4.48. The van der Waals surface area contributed by atoms with E-state index in [1.54, 1.807) is 21.0 Å². The molecule has 1 aliphatic rings. The lowest BCUT2D eigenvalue weighted by Gasteiger charge is -2.30. The molecule has 0 radical (unpaired) electrons. The number of rotatable bonds is 5. The van der Waals surface area contributed by atoms with Crippen molar-refractivity contribution in [3.05, 3.63) is 47.3 Å². The van der Waals surface area contributed by atoms with Crippen LogP contribution < -0.4 is 20.7 Å². The average molecular weight is 461 g/mol. The first-order valence-electron chi connectivity index (χ1n) is 10.6. The fourth-order valence-electron chi connectivity index (χ4n) is 3.96. The van der Waals surface area contributed by atoms with E-state index >= 15 is 0 Å². The maximum absolute atomic E-state index is 13.3. The summed E-state index contributed by atoms with van der Waals surface area (Å²) in [5.74, 6) is 1.71. The molecule has 0 spiro atoms. The third kappa shape index (κ3) is 4.90. The number of aromatic nitrogens is 2. The van der Waals surface area contributed by atoms with Crippen molar-refractivity contribution < 1.29 is 22.6 Å². The molecule has 7 nitrogen and oxygen atoms in total. The molecule has 4 rings (SSSR count). The van der Waals surface area contributed by atoms with Gasteiger partial charge in [-0.2, -0.15) is 13.2 Å². The Kier molecular flexibility index (Phi) is 6.20. The van der Waals surface area contributed by atoms with E-state index in [0.29, 0.717) is 47.1 Å². The summed E-state index contributed by atoms with van der Waals surface area (Å²) in [4.78, 5) is 11.3. The predicted molar refractivity (Wildman–Crippen MR) is 122 cm³/mol. The van der Waals surface area contributed by atoms with Crippen molar-refractivity contribution in [2.24, 2.45) is 0 Å². The quantitative estimate of drug-likeness (QED) is 0.539. The van der Waals surface area contributed by atoms with Crippen LogP contribution in [0.5, 0.6) is 5.75 Å². The number of nitrogens with one attached hydrogen (secondary N) is 1. The largest absolute Gasteiger partial charge is 0.495 e. The van der Waals surface area contributed by atoms with Gasteiger partial charge in [0, 0.05) is 24.2 Å². The molecule has 10 heteroatoms. The van der Waals surface area contributed by atoms with Crippen molar-refractivity contribution in [3.63, 3.8) is 0 Å². The standard InChI is InChI=1S/C23H26F3N5O2/c1-13(15-8-16(23(24,25)26)10-17(27)9-15)28-22-18-11-21(32-3)20(31-4-6-33-7-5-31)12-19(18)29-14(2)30-22/h8-13H,4-7,27H2,1-3H3,(H,28,29,30)/t13-/m1/s1. The van der Waals surface area contributed by atoms with Crippen molar-refractivity contribution in [1.82, 2.24) is 9.97 Å². The molecule has 1 aromatic heterocycles. The third-order valence-corrected chi connectivity index (χ3v) is 5.62. The highest BCUT2D eigenvalue weighted by Gasteiger charge is 2.31. The van der Waals surface area contributed by atoms with E-state index in [1.807, 2.05) is 12.1 Å². The molecule has 1 fully saturated rings. The first-order valence-corrected chi connectivity index (χ1v) is 10.6. The molecule has 33 heavy (non-hydrogen) atoms. The Bertz CT molecular complexity index is 1160. The van der Waals surface area contributed by atoms with Crippen LogP contribution in [0.4, 0.5) is 30.4 Å². The zero-order chi connectivity index (χ0) is 23.8. The van der Waals surface area contributed by atoms with Gasteiger partial charge in [-0.3, -0.25) is 0 Å². The lowest BCUT2D eigenvalue weighted by Crippen LogP contribution is -2.36. The molecule has 1 atom stereocenters. The lowest BCUT2D eigenvalue weighted by molar-refractivity contribution is -0.137. The molecule has 1 saturated heterocycles. The van der Waals surface area contributed by atoms with Crippen LogP contribution >= 0.6 is 0 Å². The van der Waals surface area contributed by atoms with E-state index in [4.69, 9.17) is 15.2 Å². The fourth-order valence-corrected chi connectivity index (χ4v) is 3.96. The molecule has 2 heterocycles. The molecule has 0 unspecified atom stereocenters. The Morgan fingerprint density at radius 2 is 1.85 bits per heavy atom. The number of methoxy groups -OCH3 is 1. The smallest absolute Gasteiger partial charge is 0.416 e. The van der Waals surface area contributed by atoms with Gasteiger partial charge in [0.05, 0.1) is 43.1 Å². The highest BCUT2D eigenvalue weighted by atomic mass is 19.4. The molecule has 0 saturated carbocycles. The second-order valence-corrected chi connectivity index (χ2v) is 8.01. The highest BCUT2D eigenvalue weighted by Crippen LogP contribution is 2.37. The van der Waals surface area contributed by atoms with Gasteiger partial charge in [-0.05, 0) is 49.7 Å². The second-order valence-electron chi connectivity index (χ2n) is 8.01. The first-order chi connectivity index (χ1) is 15.7. The van der Waals surface area contributed by atoms with Gasteiger partial charge in [0.2, 0.25) is 0 Å². The molecule has 0 amide bonds. The Morgan fingerprint density at radius 1 is 1.12 bits per heavy atom. The van der Waals surface area contributed by atoms with Crippen molar-refractivity contribution in [1.29, 1.82) is 0 Å². The second kappa shape index (κ2) is 8.93. The summed E-state index contributed by atoms with van der Waals surface area (Å²) in [6.45, 7) is 6.28. The van der Waals surface area contributed by atoms with Crippen molar-refractivity contribution >= 4 is 28.1 Å². The van der Waals surface area contributed by atoms with Gasteiger partial charge in [-0.1, -0.05) is 0 Å². The number of nitrogens with zero attached hydrogens (tertiary/aromatic N) is 3. The van der Waals surface area contributed by atoms with Crippen LogP contribution in [0, 0.1) is 6.92 Å². The number of hydrogen-bond acceptors (Lipinski definition) is 7. The Balaban J connectivity index is 1.73. The van der Waals surface area contributed by atoms with Crippen molar-refractivity contribution in [2.45, 2.75) is 26.1 Å². The average Bonchev–Trinajstić information content (AvgIpc) is 2.77. The van der Waals surface area contributed by atoms with E-state index in [-0.39, 0.29) is 5.69 Å². The van der Waals surface area contributed by atoms with Gasteiger partial charge >= 0.3 is 6.18 Å². The van der Waals surface area contributed by atoms with Gasteiger partial charge in [0.25, 0.3) is 0 Å². The molecular weight excluding hydrogens is 435 g/mol. The minimum absolute atomic E-state index is 0.0500. The highest BCUT2D eigenvalue weighted by molar-refractivity contribution is 5.94. The van der Waals surface area contributed by atoms with Gasteiger partial charge < -0.3 is 25.4 Å². The predicted octanol–water partition coefficient (Wildman–Crippen LogP) is 4.56. The number of aryl methyl sites for hydroxylation is 1. The minimum atomic E-state index is -4.48. The van der Waals surface area contributed by atoms with Gasteiger partial charge in [0.1, 0.15) is 17.4 Å². The number of nitrogen functional groups attached to an aromatic ring is 1. The maximum atomic E-state index is 13.3. The Morgan fingerprint density at radius 3 is 2.52 bits per heavy atom. The van der Waals surface area contributed by atoms with Gasteiger partial charge in [-0.25, -0.2) is 9.97 Å². The molecule has 0 bridgehead atoms. The maximum Gasteiger partial charge on any atom is 0.416 e. The van der Waals surface area contributed by atoms with Gasteiger partial charge in [-0.15, -0.1) is 0 Å². The SMILES string of the molecule is COc1cc2c(N[C@H](C)c3cc(N)cc(C(F)(F)F)c3)nc(C)nc2cc1N1CCOCC1. The molecular formula is C23H26F3N5O2. The summed E-state index contributed by atoms with van der Waals surface area (Å²) in [7, 11) is 1.60. The van der Waals surface area contributed by atoms with Crippen LogP contribution in [0.3, 0.4) is 0 Å². The number of nitrogens with two attached hydrogens (primary N) is 1. The number of benzene rings is 2. The number of fused-ring (bicyclic) bond motifs is 1. The van der Waals surface area contributed by atoms with Crippen LogP contribution in [-0.4, -0.2) is 43.4 Å². The number of hydrogen-bond donors (Lipinski definition) is 2. The summed E-state index contributed by atoms with van der Waals surface area (Å²) in [5, 5.41) is 3.94. The monoisotopic (exact) mass is 461 g/mol. The zero-order valence-electron chi connectivity index (χ0n) is 18.7. The van der Waals surface area contributed by atoms with E-state index in [1.165, 1.54) is 6.07 Å². The first kappa shape index (κ1) is 22.9. The van der Waals surface area contributed by atoms with Crippen LogP contribution in [0.15, 0.2) is 30.3 Å². The minimum Gasteiger partial charge on any atom is -0.495 e. The Hall–Kier alpha value is -3.27. The van der Waals surface area contributed by atoms with E-state index in [2.05, 4.69) is 20.2 Å². The molecule has 2 aromatic carbocycles. The van der Waals surface area contributed by atoms with Crippen LogP contribution in [0.2, 0.25) is 0 Å². The number of anilines is 3. The molecule has 176 valence electrons. The summed E-state index contributed by atoms with van der Waals surface area (Å²) in [6, 6.07) is 6.87. The fraction of sp³-hybridized carbons (Fsp3) is 0.391. The Labute approximate surface area is 189 Å². The molecule has 0 aliphatic carbocycles. The molecule has 1 aliphatic heterocycles. The molecule has 3 N–H and O–H groups in total.